The number of hydrogen-bond acceptors (Lipinski definition) is 7. The van der Waals surface area contributed by atoms with E-state index in [0.717, 1.165) is 28.7 Å². The molecule has 0 fully saturated rings. The first-order valence-corrected chi connectivity index (χ1v) is 19.2. The molecule has 4 aromatic rings. The van der Waals surface area contributed by atoms with Crippen LogP contribution in [0.5, 0.6) is 0 Å². The Morgan fingerprint density at radius 3 is 1.62 bits per heavy atom. The number of aliphatic hydroxyl groups excluding tert-OH is 1. The molecule has 8 nitrogen and oxygen atoms in total. The highest BCUT2D eigenvalue weighted by Crippen LogP contribution is 2.51. The third-order valence-electron chi connectivity index (χ3n) is 8.58. The molecule has 268 valence electrons. The lowest BCUT2D eigenvalue weighted by Gasteiger charge is -2.33. The van der Waals surface area contributed by atoms with Gasteiger partial charge in [0.25, 0.3) is 0 Å². The van der Waals surface area contributed by atoms with E-state index in [4.69, 9.17) is 18.3 Å². The number of rotatable bonds is 23. The van der Waals surface area contributed by atoms with Crippen LogP contribution in [-0.2, 0) is 55.5 Å². The number of carbonyl (C=O) groups is 1. The van der Waals surface area contributed by atoms with Crippen molar-refractivity contribution in [2.45, 2.75) is 90.1 Å². The van der Waals surface area contributed by atoms with E-state index < -0.39 is 26.1 Å². The Morgan fingerprint density at radius 2 is 1.10 bits per heavy atom. The van der Waals surface area contributed by atoms with Crippen LogP contribution < -0.4 is 5.32 Å². The zero-order chi connectivity index (χ0) is 35.3. The minimum absolute atomic E-state index is 0.0172. The van der Waals surface area contributed by atoms with Crippen molar-refractivity contribution in [1.29, 1.82) is 0 Å². The van der Waals surface area contributed by atoms with Crippen LogP contribution in [0.15, 0.2) is 115 Å². The van der Waals surface area contributed by atoms with E-state index in [0.29, 0.717) is 6.42 Å². The normalized spacial score (nSPS) is 12.7. The minimum atomic E-state index is -4.19. The van der Waals surface area contributed by atoms with Crippen molar-refractivity contribution >= 4 is 13.9 Å². The van der Waals surface area contributed by atoms with Gasteiger partial charge in [-0.25, -0.2) is 9.36 Å². The fourth-order valence-corrected chi connectivity index (χ4v) is 6.69. The van der Waals surface area contributed by atoms with E-state index in [1.54, 1.807) is 0 Å². The van der Waals surface area contributed by atoms with Gasteiger partial charge in [0.1, 0.15) is 6.61 Å². The monoisotopic (exact) mass is 701 g/mol. The number of ether oxygens (including phenoxy) is 1. The molecule has 4 aromatic carbocycles. The van der Waals surface area contributed by atoms with E-state index in [1.807, 2.05) is 91.0 Å². The molecular formula is C41H52NO7P. The van der Waals surface area contributed by atoms with Crippen molar-refractivity contribution in [3.8, 4) is 0 Å². The Labute approximate surface area is 297 Å². The molecule has 0 spiro atoms. The molecular weight excluding hydrogens is 649 g/mol. The summed E-state index contributed by atoms with van der Waals surface area (Å²) in [5.41, 5.74) is 3.37. The Balaban J connectivity index is 1.45. The van der Waals surface area contributed by atoms with Gasteiger partial charge < -0.3 is 15.2 Å². The van der Waals surface area contributed by atoms with Gasteiger partial charge in [-0.3, -0.25) is 13.6 Å². The molecule has 0 aliphatic heterocycles. The minimum Gasteiger partial charge on any atom is -0.445 e. The number of aryl methyl sites for hydroxylation is 2. The summed E-state index contributed by atoms with van der Waals surface area (Å²) in [7, 11) is -4.19. The number of phosphoric acid groups is 1. The van der Waals surface area contributed by atoms with Crippen molar-refractivity contribution in [3.63, 3.8) is 0 Å². The molecule has 0 aromatic heterocycles. The molecule has 1 atom stereocenters. The van der Waals surface area contributed by atoms with E-state index in [9.17, 15) is 14.5 Å². The van der Waals surface area contributed by atoms with Crippen LogP contribution in [0.2, 0.25) is 0 Å². The van der Waals surface area contributed by atoms with Crippen molar-refractivity contribution in [1.82, 2.24) is 5.32 Å². The Morgan fingerprint density at radius 1 is 0.620 bits per heavy atom. The number of amides is 1. The molecule has 0 saturated heterocycles. The SMILES string of the molecule is CCCCCCCCc1ccc(CCC(CO)(COP(=O)(OCc2ccccc2)OCc2ccccc2)NC(=O)OCc2ccccc2)cc1. The lowest BCUT2D eigenvalue weighted by atomic mass is 9.92. The summed E-state index contributed by atoms with van der Waals surface area (Å²) in [5, 5.41) is 13.6. The molecule has 1 unspecified atom stereocenters. The van der Waals surface area contributed by atoms with Gasteiger partial charge in [-0.1, -0.05) is 154 Å². The average molecular weight is 702 g/mol. The van der Waals surface area contributed by atoms with Gasteiger partial charge in [0.15, 0.2) is 0 Å². The summed E-state index contributed by atoms with van der Waals surface area (Å²) >= 11 is 0. The van der Waals surface area contributed by atoms with E-state index in [1.165, 1.54) is 44.1 Å². The quantitative estimate of drug-likeness (QED) is 0.0586. The van der Waals surface area contributed by atoms with Gasteiger partial charge in [0.2, 0.25) is 0 Å². The van der Waals surface area contributed by atoms with Gasteiger partial charge in [0.05, 0.1) is 32.0 Å². The third-order valence-corrected chi connectivity index (χ3v) is 9.92. The molecule has 0 radical (unpaired) electrons. The average Bonchev–Trinajstić information content (AvgIpc) is 3.17. The second-order valence-electron chi connectivity index (χ2n) is 12.7. The Bertz CT molecular complexity index is 1510. The largest absolute Gasteiger partial charge is 0.475 e. The van der Waals surface area contributed by atoms with Crippen molar-refractivity contribution in [3.05, 3.63) is 143 Å². The zero-order valence-corrected chi connectivity index (χ0v) is 30.1. The highest BCUT2D eigenvalue weighted by atomic mass is 31.2. The number of benzene rings is 4. The summed E-state index contributed by atoms with van der Waals surface area (Å²) in [4.78, 5) is 13.1. The topological polar surface area (TPSA) is 103 Å². The van der Waals surface area contributed by atoms with Crippen LogP contribution >= 0.6 is 7.82 Å². The van der Waals surface area contributed by atoms with Gasteiger partial charge in [-0.2, -0.15) is 0 Å². The van der Waals surface area contributed by atoms with Crippen LogP contribution in [0.3, 0.4) is 0 Å². The summed E-state index contributed by atoms with van der Waals surface area (Å²) in [6.45, 7) is 1.40. The fraction of sp³-hybridized carbons (Fsp3) is 0.390. The standard InChI is InChI=1S/C41H52NO7P/c1-2-3-4-5-6-10-17-35-24-26-36(27-25-35)28-29-41(33-43,42-40(44)46-30-37-18-11-7-12-19-37)34-49-50(45,47-31-38-20-13-8-14-21-38)48-32-39-22-15-9-16-23-39/h7-9,11-16,18-27,43H,2-6,10,17,28-34H2,1H3,(H,42,44). The second kappa shape index (κ2) is 21.4. The summed E-state index contributed by atoms with van der Waals surface area (Å²) < 4.78 is 37.2. The predicted molar refractivity (Wildman–Crippen MR) is 197 cm³/mol. The third kappa shape index (κ3) is 14.2. The summed E-state index contributed by atoms with van der Waals surface area (Å²) in [5.74, 6) is 0. The molecule has 1 amide bonds. The van der Waals surface area contributed by atoms with E-state index in [2.05, 4.69) is 36.5 Å². The maximum atomic E-state index is 14.1. The Kier molecular flexibility index (Phi) is 16.7. The number of aliphatic hydroxyl groups is 1. The Hall–Kier alpha value is -3.78. The number of alkyl carbamates (subject to hydrolysis) is 1. The molecule has 4 rings (SSSR count). The highest BCUT2D eigenvalue weighted by Gasteiger charge is 2.37. The number of carbonyl (C=O) groups excluding carboxylic acids is 1. The van der Waals surface area contributed by atoms with Crippen molar-refractivity contribution < 1.29 is 32.8 Å². The van der Waals surface area contributed by atoms with Crippen LogP contribution in [0.25, 0.3) is 0 Å². The van der Waals surface area contributed by atoms with E-state index in [-0.39, 0.29) is 32.8 Å². The first kappa shape index (κ1) is 39.0. The highest BCUT2D eigenvalue weighted by molar-refractivity contribution is 7.48. The second-order valence-corrected chi connectivity index (χ2v) is 14.4. The van der Waals surface area contributed by atoms with E-state index >= 15 is 0 Å². The first-order valence-electron chi connectivity index (χ1n) is 17.7. The summed E-state index contributed by atoms with van der Waals surface area (Å²) in [6.07, 6.45) is 8.63. The van der Waals surface area contributed by atoms with Gasteiger partial charge >= 0.3 is 13.9 Å². The molecule has 0 heterocycles. The maximum absolute atomic E-state index is 14.1. The molecule has 50 heavy (non-hydrogen) atoms. The summed E-state index contributed by atoms with van der Waals surface area (Å²) in [6, 6.07) is 36.4. The first-order chi connectivity index (χ1) is 24.4. The smallest absolute Gasteiger partial charge is 0.445 e. The lowest BCUT2D eigenvalue weighted by molar-refractivity contribution is 0.0440. The van der Waals surface area contributed by atoms with Crippen LogP contribution in [0, 0.1) is 0 Å². The number of unbranched alkanes of at least 4 members (excludes halogenated alkanes) is 5. The molecule has 9 heteroatoms. The van der Waals surface area contributed by atoms with Crippen LogP contribution in [0.1, 0.15) is 79.7 Å². The van der Waals surface area contributed by atoms with Crippen molar-refractivity contribution in [2.75, 3.05) is 13.2 Å². The van der Waals surface area contributed by atoms with Gasteiger partial charge in [0, 0.05) is 0 Å². The number of nitrogens with one attached hydrogen (secondary N) is 1. The number of phosphoric ester groups is 1. The van der Waals surface area contributed by atoms with Crippen LogP contribution in [-0.4, -0.2) is 30.0 Å². The van der Waals surface area contributed by atoms with Gasteiger partial charge in [-0.05, 0) is 53.5 Å². The predicted octanol–water partition coefficient (Wildman–Crippen LogP) is 9.74. The zero-order valence-electron chi connectivity index (χ0n) is 29.2. The molecule has 0 bridgehead atoms. The molecule has 0 aliphatic rings. The van der Waals surface area contributed by atoms with Crippen LogP contribution in [0.4, 0.5) is 4.79 Å². The maximum Gasteiger partial charge on any atom is 0.475 e. The van der Waals surface area contributed by atoms with Gasteiger partial charge in [-0.15, -0.1) is 0 Å². The molecule has 2 N–H and O–H groups in total. The lowest BCUT2D eigenvalue weighted by Crippen LogP contribution is -2.55. The molecule has 0 aliphatic carbocycles. The fourth-order valence-electron chi connectivity index (χ4n) is 5.45. The van der Waals surface area contributed by atoms with Crippen molar-refractivity contribution in [2.24, 2.45) is 0 Å². The number of hydrogen-bond donors (Lipinski definition) is 2. The molecule has 0 saturated carbocycles.